The third kappa shape index (κ3) is 3.56. The second-order valence-corrected chi connectivity index (χ2v) is 6.26. The maximum absolute atomic E-state index is 10.8. The van der Waals surface area contributed by atoms with Crippen molar-refractivity contribution in [3.8, 4) is 0 Å². The molecule has 1 aliphatic rings. The molecule has 1 aromatic rings. The first kappa shape index (κ1) is 13.6. The van der Waals surface area contributed by atoms with Gasteiger partial charge in [-0.25, -0.2) is 4.79 Å². The average Bonchev–Trinajstić information content (AvgIpc) is 2.80. The molecule has 2 unspecified atom stereocenters. The van der Waals surface area contributed by atoms with Crippen LogP contribution in [0.25, 0.3) is 0 Å². The maximum Gasteiger partial charge on any atom is 0.336 e. The van der Waals surface area contributed by atoms with Crippen LogP contribution >= 0.6 is 11.3 Å². The Morgan fingerprint density at radius 1 is 1.50 bits per heavy atom. The summed E-state index contributed by atoms with van der Waals surface area (Å²) < 4.78 is 0. The minimum Gasteiger partial charge on any atom is -0.478 e. The molecule has 0 saturated heterocycles. The van der Waals surface area contributed by atoms with Crippen LogP contribution < -0.4 is 5.32 Å². The van der Waals surface area contributed by atoms with Crippen molar-refractivity contribution in [2.75, 3.05) is 6.54 Å². The van der Waals surface area contributed by atoms with Crippen molar-refractivity contribution in [1.29, 1.82) is 0 Å². The Bertz CT molecular complexity index is 402. The Hall–Kier alpha value is -0.870. The molecule has 1 saturated carbocycles. The third-order valence-electron chi connectivity index (χ3n) is 3.90. The van der Waals surface area contributed by atoms with Crippen molar-refractivity contribution in [2.45, 2.75) is 39.2 Å². The smallest absolute Gasteiger partial charge is 0.336 e. The van der Waals surface area contributed by atoms with E-state index < -0.39 is 5.97 Å². The summed E-state index contributed by atoms with van der Waals surface area (Å²) in [6.07, 6.45) is 5.43. The van der Waals surface area contributed by atoms with Gasteiger partial charge in [0, 0.05) is 16.8 Å². The molecule has 1 fully saturated rings. The van der Waals surface area contributed by atoms with Crippen LogP contribution in [0.3, 0.4) is 0 Å². The summed E-state index contributed by atoms with van der Waals surface area (Å²) in [5.41, 5.74) is 0.405. The van der Waals surface area contributed by atoms with Crippen LogP contribution in [-0.2, 0) is 6.54 Å². The zero-order chi connectivity index (χ0) is 13.0. The largest absolute Gasteiger partial charge is 0.478 e. The fourth-order valence-corrected chi connectivity index (χ4v) is 3.49. The molecule has 1 heterocycles. The molecule has 2 rings (SSSR count). The molecule has 0 aromatic carbocycles. The Kier molecular flexibility index (Phi) is 4.78. The van der Waals surface area contributed by atoms with E-state index in [0.717, 1.165) is 29.8 Å². The van der Waals surface area contributed by atoms with Crippen LogP contribution in [0.5, 0.6) is 0 Å². The summed E-state index contributed by atoms with van der Waals surface area (Å²) in [4.78, 5) is 11.9. The lowest BCUT2D eigenvalue weighted by Gasteiger charge is -2.28. The monoisotopic (exact) mass is 267 g/mol. The van der Waals surface area contributed by atoms with E-state index in [1.54, 1.807) is 11.4 Å². The summed E-state index contributed by atoms with van der Waals surface area (Å²) in [5, 5.41) is 14.0. The summed E-state index contributed by atoms with van der Waals surface area (Å²) in [6, 6.07) is 1.77. The summed E-state index contributed by atoms with van der Waals surface area (Å²) in [5.74, 6) is 0.778. The molecule has 3 nitrogen and oxygen atoms in total. The van der Waals surface area contributed by atoms with Gasteiger partial charge >= 0.3 is 5.97 Å². The van der Waals surface area contributed by atoms with Gasteiger partial charge in [-0.15, -0.1) is 11.3 Å². The molecule has 2 atom stereocenters. The molecular formula is C14H21NO2S. The first-order valence-electron chi connectivity index (χ1n) is 6.68. The van der Waals surface area contributed by atoms with Gasteiger partial charge in [0.25, 0.3) is 0 Å². The lowest BCUT2D eigenvalue weighted by atomic mass is 9.80. The number of rotatable bonds is 5. The van der Waals surface area contributed by atoms with Crippen LogP contribution in [0.1, 0.15) is 47.8 Å². The summed E-state index contributed by atoms with van der Waals surface area (Å²) in [6.45, 7) is 4.20. The van der Waals surface area contributed by atoms with Crippen LogP contribution in [0.15, 0.2) is 11.4 Å². The van der Waals surface area contributed by atoms with Gasteiger partial charge in [-0.1, -0.05) is 26.2 Å². The average molecular weight is 267 g/mol. The molecule has 0 aliphatic heterocycles. The Morgan fingerprint density at radius 3 is 2.94 bits per heavy atom. The van der Waals surface area contributed by atoms with Crippen molar-refractivity contribution < 1.29 is 9.90 Å². The number of thiophene rings is 1. The number of carboxylic acids is 1. The van der Waals surface area contributed by atoms with Crippen molar-refractivity contribution in [1.82, 2.24) is 5.32 Å². The maximum atomic E-state index is 10.8. The van der Waals surface area contributed by atoms with Gasteiger partial charge < -0.3 is 10.4 Å². The Balaban J connectivity index is 1.75. The predicted octanol–water partition coefficient (Wildman–Crippen LogP) is 3.36. The number of carboxylic acid groups (broad SMARTS) is 1. The zero-order valence-electron chi connectivity index (χ0n) is 10.8. The molecule has 0 spiro atoms. The second-order valence-electron chi connectivity index (χ2n) is 5.26. The van der Waals surface area contributed by atoms with Gasteiger partial charge in [0.15, 0.2) is 0 Å². The topological polar surface area (TPSA) is 49.3 Å². The summed E-state index contributed by atoms with van der Waals surface area (Å²) >= 11 is 1.52. The fourth-order valence-electron chi connectivity index (χ4n) is 2.66. The fraction of sp³-hybridized carbons (Fsp3) is 0.643. The van der Waals surface area contributed by atoms with E-state index in [1.807, 2.05) is 0 Å². The molecule has 1 aliphatic carbocycles. The van der Waals surface area contributed by atoms with Crippen LogP contribution in [0.4, 0.5) is 0 Å². The van der Waals surface area contributed by atoms with Gasteiger partial charge in [-0.05, 0) is 30.9 Å². The third-order valence-corrected chi connectivity index (χ3v) is 4.83. The van der Waals surface area contributed by atoms with Crippen LogP contribution in [-0.4, -0.2) is 17.6 Å². The Labute approximate surface area is 112 Å². The second kappa shape index (κ2) is 6.34. The van der Waals surface area contributed by atoms with E-state index in [4.69, 9.17) is 5.11 Å². The standard InChI is InChI=1S/C14H21NO2S/c1-10-4-2-3-5-11(10)7-15-8-13-6-12(9-18-13)14(16)17/h6,9-11,15H,2-5,7-8H2,1H3,(H,16,17). The van der Waals surface area contributed by atoms with Crippen molar-refractivity contribution >= 4 is 17.3 Å². The quantitative estimate of drug-likeness (QED) is 0.860. The van der Waals surface area contributed by atoms with Crippen molar-refractivity contribution in [2.24, 2.45) is 11.8 Å². The Morgan fingerprint density at radius 2 is 2.28 bits per heavy atom. The molecule has 0 radical (unpaired) electrons. The highest BCUT2D eigenvalue weighted by atomic mass is 32.1. The number of hydrogen-bond acceptors (Lipinski definition) is 3. The van der Waals surface area contributed by atoms with Crippen LogP contribution in [0, 0.1) is 11.8 Å². The highest BCUT2D eigenvalue weighted by Gasteiger charge is 2.20. The predicted molar refractivity (Wildman–Crippen MR) is 74.1 cm³/mol. The van der Waals surface area contributed by atoms with E-state index in [1.165, 1.54) is 37.0 Å². The lowest BCUT2D eigenvalue weighted by molar-refractivity contribution is 0.0697. The number of carbonyl (C=O) groups is 1. The van der Waals surface area contributed by atoms with Crippen molar-refractivity contribution in [3.63, 3.8) is 0 Å². The van der Waals surface area contributed by atoms with Gasteiger partial charge in [-0.2, -0.15) is 0 Å². The van der Waals surface area contributed by atoms with E-state index in [-0.39, 0.29) is 0 Å². The SMILES string of the molecule is CC1CCCCC1CNCc1cc(C(=O)O)cs1. The number of nitrogens with one attached hydrogen (secondary N) is 1. The lowest BCUT2D eigenvalue weighted by Crippen LogP contribution is -2.28. The molecule has 100 valence electrons. The minimum atomic E-state index is -0.835. The van der Waals surface area contributed by atoms with E-state index >= 15 is 0 Å². The highest BCUT2D eigenvalue weighted by molar-refractivity contribution is 7.10. The van der Waals surface area contributed by atoms with E-state index in [9.17, 15) is 4.79 Å². The normalized spacial score (nSPS) is 24.1. The molecule has 0 bridgehead atoms. The van der Waals surface area contributed by atoms with Gasteiger partial charge in [-0.3, -0.25) is 0 Å². The van der Waals surface area contributed by atoms with Crippen molar-refractivity contribution in [3.05, 3.63) is 21.9 Å². The number of aromatic carboxylic acids is 1. The van der Waals surface area contributed by atoms with Gasteiger partial charge in [0.1, 0.15) is 0 Å². The zero-order valence-corrected chi connectivity index (χ0v) is 11.6. The number of hydrogen-bond donors (Lipinski definition) is 2. The molecule has 2 N–H and O–H groups in total. The molecule has 0 amide bonds. The highest BCUT2D eigenvalue weighted by Crippen LogP contribution is 2.29. The molecule has 18 heavy (non-hydrogen) atoms. The van der Waals surface area contributed by atoms with E-state index in [0.29, 0.717) is 5.56 Å². The van der Waals surface area contributed by atoms with Crippen LogP contribution in [0.2, 0.25) is 0 Å². The summed E-state index contributed by atoms with van der Waals surface area (Å²) in [7, 11) is 0. The first-order valence-corrected chi connectivity index (χ1v) is 7.56. The minimum absolute atomic E-state index is 0.405. The molecule has 4 heteroatoms. The molecule has 1 aromatic heterocycles. The van der Waals surface area contributed by atoms with E-state index in [2.05, 4.69) is 12.2 Å². The van der Waals surface area contributed by atoms with Gasteiger partial charge in [0.05, 0.1) is 5.56 Å². The first-order chi connectivity index (χ1) is 8.66. The molecular weight excluding hydrogens is 246 g/mol. The van der Waals surface area contributed by atoms with Gasteiger partial charge in [0.2, 0.25) is 0 Å².